The number of alkyl halides is 3. The summed E-state index contributed by atoms with van der Waals surface area (Å²) in [7, 11) is 0. The number of rotatable bonds is 7. The van der Waals surface area contributed by atoms with Crippen LogP contribution in [0.5, 0.6) is 0 Å². The monoisotopic (exact) mass is 579 g/mol. The number of benzene rings is 3. The Kier molecular flexibility index (Phi) is 9.98. The third-order valence-electron chi connectivity index (χ3n) is 6.03. The van der Waals surface area contributed by atoms with E-state index in [1.807, 2.05) is 36.4 Å². The molecule has 0 fully saturated rings. The first kappa shape index (κ1) is 27.8. The van der Waals surface area contributed by atoms with Crippen molar-refractivity contribution in [1.82, 2.24) is 0 Å². The van der Waals surface area contributed by atoms with Crippen molar-refractivity contribution in [3.05, 3.63) is 102 Å². The molecule has 0 aromatic heterocycles. The predicted octanol–water partition coefficient (Wildman–Crippen LogP) is 7.91. The molecule has 0 aliphatic rings. The van der Waals surface area contributed by atoms with Gasteiger partial charge in [0.05, 0.1) is 0 Å². The van der Waals surface area contributed by atoms with Crippen LogP contribution in [0.1, 0.15) is 44.4 Å². The molecule has 0 spiro atoms. The summed E-state index contributed by atoms with van der Waals surface area (Å²) in [6, 6.07) is 26.7. The molecule has 177 valence electrons. The number of hydrogen-bond acceptors (Lipinski definition) is 1. The molecule has 1 radical (unpaired) electrons. The molecule has 3 aromatic carbocycles. The predicted molar refractivity (Wildman–Crippen MR) is 140 cm³/mol. The van der Waals surface area contributed by atoms with Crippen molar-refractivity contribution in [3.8, 4) is 0 Å². The Morgan fingerprint density at radius 1 is 0.606 bits per heavy atom. The van der Waals surface area contributed by atoms with Gasteiger partial charge in [0.25, 0.3) is 0 Å². The standard InChI is InChI=1S/2C10H13.C7H4F3.CH4S.Sn/c2*1-10(2,3)9-7-5-4-6-8-9;8-7(9,10)6-4-2-1-3-5-6;1-2;/h2*4-8H,1H2,2-3H3;1-4H;2H,1H3;. The molecule has 33 heavy (non-hydrogen) atoms. The van der Waals surface area contributed by atoms with Crippen molar-refractivity contribution in [2.24, 2.45) is 0 Å². The summed E-state index contributed by atoms with van der Waals surface area (Å²) in [6.07, 6.45) is -2.63. The minimum absolute atomic E-state index is 0.179. The number of hydrogen-bond donors (Lipinski definition) is 1. The Morgan fingerprint density at radius 2 is 0.970 bits per heavy atom. The summed E-state index contributed by atoms with van der Waals surface area (Å²) in [4.78, 5) is 0. The minimum atomic E-state index is -4.32. The van der Waals surface area contributed by atoms with Gasteiger partial charge in [-0.3, -0.25) is 0 Å². The van der Waals surface area contributed by atoms with E-state index >= 15 is 0 Å². The molecule has 0 aliphatic heterocycles. The molecule has 0 nitrogen and oxygen atoms in total. The van der Waals surface area contributed by atoms with Gasteiger partial charge in [0.15, 0.2) is 0 Å². The maximum atomic E-state index is 14.0. The van der Waals surface area contributed by atoms with Crippen LogP contribution in [0.2, 0.25) is 8.87 Å². The van der Waals surface area contributed by atoms with Gasteiger partial charge in [-0.05, 0) is 6.26 Å². The summed E-state index contributed by atoms with van der Waals surface area (Å²) in [6.45, 7) is 8.70. The first-order valence-corrected chi connectivity index (χ1v) is 17.4. The van der Waals surface area contributed by atoms with E-state index in [0.29, 0.717) is 3.58 Å². The molecule has 3 rings (SSSR count). The summed E-state index contributed by atoms with van der Waals surface area (Å²) in [5.74, 6) is 0. The van der Waals surface area contributed by atoms with Gasteiger partial charge in [0, 0.05) is 0 Å². The second kappa shape index (κ2) is 11.8. The van der Waals surface area contributed by atoms with Crippen molar-refractivity contribution in [3.63, 3.8) is 0 Å². The molecule has 5 heteroatoms. The van der Waals surface area contributed by atoms with Gasteiger partial charge in [-0.25, -0.2) is 0 Å². The first-order valence-electron chi connectivity index (χ1n) is 11.1. The average molecular weight is 578 g/mol. The summed E-state index contributed by atoms with van der Waals surface area (Å²) >= 11 is 0.741. The van der Waals surface area contributed by atoms with E-state index in [1.54, 1.807) is 18.4 Å². The normalized spacial score (nSPS) is 12.3. The number of thiol groups is 1. The molecule has 0 unspecified atom stereocenters. The summed E-state index contributed by atoms with van der Waals surface area (Å²) in [5.41, 5.74) is 1.59. The van der Waals surface area contributed by atoms with E-state index in [0.717, 1.165) is 8.87 Å². The maximum absolute atomic E-state index is 14.0. The van der Waals surface area contributed by atoms with E-state index in [2.05, 4.69) is 64.6 Å². The molecule has 0 N–H and O–H groups in total. The molecular formula is C28H34F3SSn. The van der Waals surface area contributed by atoms with Crippen molar-refractivity contribution in [2.45, 2.75) is 53.6 Å². The smallest absolute Gasteiger partial charge is 0.0215 e. The van der Waals surface area contributed by atoms with Gasteiger partial charge >= 0.3 is 192 Å². The van der Waals surface area contributed by atoms with Crippen molar-refractivity contribution >= 4 is 36.0 Å². The van der Waals surface area contributed by atoms with Crippen LogP contribution in [0.4, 0.5) is 13.2 Å². The van der Waals surface area contributed by atoms with Crippen LogP contribution in [0.25, 0.3) is 0 Å². The van der Waals surface area contributed by atoms with E-state index in [9.17, 15) is 13.2 Å². The fourth-order valence-corrected chi connectivity index (χ4v) is 15.7. The molecule has 0 amide bonds. The van der Waals surface area contributed by atoms with Crippen molar-refractivity contribution < 1.29 is 13.2 Å². The van der Waals surface area contributed by atoms with E-state index in [-0.39, 0.29) is 10.8 Å². The van der Waals surface area contributed by atoms with Crippen LogP contribution in [-0.4, -0.2) is 26.0 Å². The molecule has 3 aromatic rings. The molecule has 0 bridgehead atoms. The van der Waals surface area contributed by atoms with Crippen LogP contribution in [0.15, 0.2) is 84.9 Å². The topological polar surface area (TPSA) is 0 Å². The number of halogens is 3. The third kappa shape index (κ3) is 7.54. The van der Waals surface area contributed by atoms with Crippen molar-refractivity contribution in [1.29, 1.82) is 0 Å². The quantitative estimate of drug-likeness (QED) is 0.214. The molecule has 0 saturated carbocycles. The Hall–Kier alpha value is -1.40. The average Bonchev–Trinajstić information content (AvgIpc) is 2.80. The van der Waals surface area contributed by atoms with Crippen LogP contribution in [0, 0.1) is 0 Å². The SMILES string of the molecule is CC(C)([CH2][Sn]([CH2]C(C)(C)c1ccccc1)[c]1ccccc1C(F)(F)F)c1ccccc1.CS. The molecule has 0 saturated heterocycles. The minimum Gasteiger partial charge on any atom is -0.183 e. The zero-order chi connectivity index (χ0) is 24.7. The largest absolute Gasteiger partial charge is 0.183 e. The summed E-state index contributed by atoms with van der Waals surface area (Å²) in [5, 5.41) is 0. The van der Waals surface area contributed by atoms with E-state index < -0.39 is 31.5 Å². The van der Waals surface area contributed by atoms with Gasteiger partial charge in [0.1, 0.15) is 0 Å². The Labute approximate surface area is 209 Å². The second-order valence-electron chi connectivity index (χ2n) is 9.50. The molecule has 0 heterocycles. The van der Waals surface area contributed by atoms with Gasteiger partial charge in [0.2, 0.25) is 0 Å². The molecule has 0 atom stereocenters. The summed E-state index contributed by atoms with van der Waals surface area (Å²) < 4.78 is 44.1. The maximum Gasteiger partial charge on any atom is -0.0215 e. The molecular weight excluding hydrogens is 544 g/mol. The fourth-order valence-electron chi connectivity index (χ4n) is 4.34. The third-order valence-corrected chi connectivity index (χ3v) is 16.9. The zero-order valence-electron chi connectivity index (χ0n) is 20.1. The Balaban J connectivity index is 0.00000187. The van der Waals surface area contributed by atoms with Gasteiger partial charge < -0.3 is 0 Å². The van der Waals surface area contributed by atoms with E-state index in [1.165, 1.54) is 23.3 Å². The second-order valence-corrected chi connectivity index (χ2v) is 16.5. The first-order chi connectivity index (χ1) is 15.5. The van der Waals surface area contributed by atoms with E-state index in [4.69, 9.17) is 0 Å². The Morgan fingerprint density at radius 3 is 1.36 bits per heavy atom. The van der Waals surface area contributed by atoms with Crippen LogP contribution < -0.4 is 3.58 Å². The fraction of sp³-hybridized carbons (Fsp3) is 0.357. The Bertz CT molecular complexity index is 929. The van der Waals surface area contributed by atoms with Crippen molar-refractivity contribution in [2.75, 3.05) is 6.26 Å². The molecule has 0 aliphatic carbocycles. The van der Waals surface area contributed by atoms with Gasteiger partial charge in [-0.15, -0.1) is 0 Å². The van der Waals surface area contributed by atoms with Crippen LogP contribution >= 0.6 is 12.6 Å². The van der Waals surface area contributed by atoms with Crippen LogP contribution in [0.3, 0.4) is 0 Å². The van der Waals surface area contributed by atoms with Gasteiger partial charge in [-0.1, -0.05) is 0 Å². The van der Waals surface area contributed by atoms with Gasteiger partial charge in [-0.2, -0.15) is 12.6 Å². The van der Waals surface area contributed by atoms with Crippen LogP contribution in [-0.2, 0) is 17.0 Å². The zero-order valence-corrected chi connectivity index (χ0v) is 23.8.